The van der Waals surface area contributed by atoms with Gasteiger partial charge in [0.1, 0.15) is 4.90 Å². The van der Waals surface area contributed by atoms with Gasteiger partial charge in [-0.25, -0.2) is 8.42 Å². The highest BCUT2D eigenvalue weighted by Gasteiger charge is 2.42. The molecule has 1 aliphatic carbocycles. The number of rotatable bonds is 6. The molecule has 0 atom stereocenters. The molecule has 6 nitrogen and oxygen atoms in total. The molecule has 1 aromatic carbocycles. The monoisotopic (exact) mass is 487 g/mol. The maximum absolute atomic E-state index is 13.5. The van der Waals surface area contributed by atoms with Crippen LogP contribution in [0.15, 0.2) is 23.1 Å². The van der Waals surface area contributed by atoms with Gasteiger partial charge in [0, 0.05) is 49.2 Å². The molecule has 0 radical (unpaired) electrons. The summed E-state index contributed by atoms with van der Waals surface area (Å²) in [4.78, 5) is 18.1. The zero-order valence-electron chi connectivity index (χ0n) is 18.0. The Morgan fingerprint density at radius 2 is 1.61 bits per heavy atom. The first-order valence-electron chi connectivity index (χ1n) is 11.3. The first-order chi connectivity index (χ1) is 14.8. The SMILES string of the molecule is CCN1CCC(N(C(=O)C2CCN(S(=O)(=O)c3cc(Cl)ccc3Cl)CC2)C2CC2)CC1. The van der Waals surface area contributed by atoms with Gasteiger partial charge < -0.3 is 9.80 Å². The summed E-state index contributed by atoms with van der Waals surface area (Å²) in [6.45, 7) is 6.00. The van der Waals surface area contributed by atoms with Crippen LogP contribution in [0.5, 0.6) is 0 Å². The smallest absolute Gasteiger partial charge is 0.244 e. The lowest BCUT2D eigenvalue weighted by Crippen LogP contribution is -2.51. The molecule has 0 bridgehead atoms. The van der Waals surface area contributed by atoms with Crippen LogP contribution in [0.3, 0.4) is 0 Å². The highest BCUT2D eigenvalue weighted by Crippen LogP contribution is 2.36. The molecule has 0 spiro atoms. The van der Waals surface area contributed by atoms with Crippen molar-refractivity contribution in [2.45, 2.75) is 62.4 Å². The van der Waals surface area contributed by atoms with Crippen LogP contribution >= 0.6 is 23.2 Å². The third-order valence-corrected chi connectivity index (χ3v) is 9.52. The molecule has 172 valence electrons. The second-order valence-corrected chi connectivity index (χ2v) is 11.6. The Labute approximate surface area is 195 Å². The summed E-state index contributed by atoms with van der Waals surface area (Å²) in [5.74, 6) is 0.126. The van der Waals surface area contributed by atoms with Crippen molar-refractivity contribution >= 4 is 39.1 Å². The largest absolute Gasteiger partial charge is 0.336 e. The predicted molar refractivity (Wildman–Crippen MR) is 123 cm³/mol. The van der Waals surface area contributed by atoms with E-state index in [1.165, 1.54) is 16.4 Å². The van der Waals surface area contributed by atoms with Gasteiger partial charge in [-0.15, -0.1) is 0 Å². The summed E-state index contributed by atoms with van der Waals surface area (Å²) in [5, 5.41) is 0.503. The van der Waals surface area contributed by atoms with Crippen LogP contribution in [0, 0.1) is 5.92 Å². The molecule has 0 N–H and O–H groups in total. The molecular weight excluding hydrogens is 457 g/mol. The van der Waals surface area contributed by atoms with Crippen LogP contribution in [-0.2, 0) is 14.8 Å². The van der Waals surface area contributed by atoms with Gasteiger partial charge in [0.05, 0.1) is 5.02 Å². The summed E-state index contributed by atoms with van der Waals surface area (Å²) >= 11 is 12.1. The van der Waals surface area contributed by atoms with Gasteiger partial charge >= 0.3 is 0 Å². The Hall–Kier alpha value is -0.860. The van der Waals surface area contributed by atoms with E-state index >= 15 is 0 Å². The van der Waals surface area contributed by atoms with Gasteiger partial charge in [0.2, 0.25) is 15.9 Å². The number of amides is 1. The van der Waals surface area contributed by atoms with Gasteiger partial charge in [-0.05, 0) is 63.3 Å². The average molecular weight is 488 g/mol. The highest BCUT2D eigenvalue weighted by molar-refractivity contribution is 7.89. The number of nitrogens with zero attached hydrogens (tertiary/aromatic N) is 3. The molecule has 2 aliphatic heterocycles. The molecule has 4 rings (SSSR count). The van der Waals surface area contributed by atoms with Gasteiger partial charge in [-0.1, -0.05) is 30.1 Å². The van der Waals surface area contributed by atoms with Crippen molar-refractivity contribution in [3.05, 3.63) is 28.2 Å². The third kappa shape index (κ3) is 5.06. The van der Waals surface area contributed by atoms with Crippen LogP contribution in [0.2, 0.25) is 10.0 Å². The predicted octanol–water partition coefficient (Wildman–Crippen LogP) is 3.87. The minimum atomic E-state index is -3.73. The number of hydrogen-bond donors (Lipinski definition) is 0. The lowest BCUT2D eigenvalue weighted by atomic mass is 9.94. The first kappa shape index (κ1) is 23.3. The summed E-state index contributed by atoms with van der Waals surface area (Å²) in [7, 11) is -3.73. The van der Waals surface area contributed by atoms with Crippen molar-refractivity contribution in [3.63, 3.8) is 0 Å². The van der Waals surface area contributed by atoms with E-state index in [4.69, 9.17) is 23.2 Å². The molecule has 1 saturated carbocycles. The number of piperidine rings is 2. The number of hydrogen-bond acceptors (Lipinski definition) is 4. The van der Waals surface area contributed by atoms with Gasteiger partial charge in [-0.3, -0.25) is 4.79 Å². The minimum Gasteiger partial charge on any atom is -0.336 e. The van der Waals surface area contributed by atoms with Crippen molar-refractivity contribution in [1.82, 2.24) is 14.1 Å². The molecule has 3 fully saturated rings. The van der Waals surface area contributed by atoms with E-state index in [-0.39, 0.29) is 21.7 Å². The molecule has 2 heterocycles. The second kappa shape index (κ2) is 9.56. The Balaban J connectivity index is 1.40. The number of benzene rings is 1. The van der Waals surface area contributed by atoms with E-state index in [2.05, 4.69) is 16.7 Å². The number of halogens is 2. The number of likely N-dealkylation sites (tertiary alicyclic amines) is 1. The first-order valence-corrected chi connectivity index (χ1v) is 13.5. The van der Waals surface area contributed by atoms with Crippen molar-refractivity contribution < 1.29 is 13.2 Å². The molecule has 3 aliphatic rings. The third-order valence-electron chi connectivity index (χ3n) is 6.91. The van der Waals surface area contributed by atoms with Crippen molar-refractivity contribution in [2.75, 3.05) is 32.7 Å². The van der Waals surface area contributed by atoms with Crippen LogP contribution in [0.1, 0.15) is 45.4 Å². The lowest BCUT2D eigenvalue weighted by molar-refractivity contribution is -0.141. The Morgan fingerprint density at radius 1 is 1.00 bits per heavy atom. The molecule has 0 unspecified atom stereocenters. The Bertz CT molecular complexity index is 907. The zero-order valence-corrected chi connectivity index (χ0v) is 20.3. The van der Waals surface area contributed by atoms with Crippen molar-refractivity contribution in [3.8, 4) is 0 Å². The molecule has 1 amide bonds. The average Bonchev–Trinajstić information content (AvgIpc) is 3.61. The fourth-order valence-electron chi connectivity index (χ4n) is 4.89. The number of carbonyl (C=O) groups excluding carboxylic acids is 1. The minimum absolute atomic E-state index is 0.0359. The standard InChI is InChI=1S/C22H31Cl2N3O3S/c1-2-25-11-9-19(10-12-25)27(18-4-5-18)22(28)16-7-13-26(14-8-16)31(29,30)21-15-17(23)3-6-20(21)24/h3,6,15-16,18-19H,2,4-5,7-14H2,1H3. The summed E-state index contributed by atoms with van der Waals surface area (Å²) in [5.41, 5.74) is 0. The van der Waals surface area contributed by atoms with Crippen LogP contribution in [-0.4, -0.2) is 73.2 Å². The maximum atomic E-state index is 13.5. The zero-order chi connectivity index (χ0) is 22.2. The van der Waals surface area contributed by atoms with E-state index < -0.39 is 10.0 Å². The maximum Gasteiger partial charge on any atom is 0.244 e. The van der Waals surface area contributed by atoms with E-state index in [9.17, 15) is 13.2 Å². The van der Waals surface area contributed by atoms with E-state index in [0.29, 0.717) is 43.0 Å². The van der Waals surface area contributed by atoms with Gasteiger partial charge in [0.15, 0.2) is 0 Å². The fourth-order valence-corrected chi connectivity index (χ4v) is 7.10. The van der Waals surface area contributed by atoms with E-state index in [1.54, 1.807) is 6.07 Å². The van der Waals surface area contributed by atoms with E-state index in [1.807, 2.05) is 0 Å². The molecular formula is C22H31Cl2N3O3S. The molecule has 0 aromatic heterocycles. The Morgan fingerprint density at radius 3 is 2.19 bits per heavy atom. The highest BCUT2D eigenvalue weighted by atomic mass is 35.5. The van der Waals surface area contributed by atoms with E-state index in [0.717, 1.165) is 45.3 Å². The Kier molecular flexibility index (Phi) is 7.18. The van der Waals surface area contributed by atoms with Crippen molar-refractivity contribution in [2.24, 2.45) is 5.92 Å². The van der Waals surface area contributed by atoms with Crippen LogP contribution < -0.4 is 0 Å². The lowest BCUT2D eigenvalue weighted by Gasteiger charge is -2.41. The van der Waals surface area contributed by atoms with Crippen LogP contribution in [0.4, 0.5) is 0 Å². The molecule has 9 heteroatoms. The summed E-state index contributed by atoms with van der Waals surface area (Å²) in [6, 6.07) is 5.19. The quantitative estimate of drug-likeness (QED) is 0.610. The number of carbonyl (C=O) groups is 1. The number of sulfonamides is 1. The van der Waals surface area contributed by atoms with Crippen molar-refractivity contribution in [1.29, 1.82) is 0 Å². The fraction of sp³-hybridized carbons (Fsp3) is 0.682. The second-order valence-electron chi connectivity index (χ2n) is 8.90. The topological polar surface area (TPSA) is 60.9 Å². The van der Waals surface area contributed by atoms with Gasteiger partial charge in [-0.2, -0.15) is 4.31 Å². The molecule has 2 saturated heterocycles. The normalized spacial score (nSPS) is 22.5. The van der Waals surface area contributed by atoms with Gasteiger partial charge in [0.25, 0.3) is 0 Å². The molecule has 31 heavy (non-hydrogen) atoms. The summed E-state index contributed by atoms with van der Waals surface area (Å²) in [6.07, 6.45) is 5.37. The summed E-state index contributed by atoms with van der Waals surface area (Å²) < 4.78 is 27.6. The molecule has 1 aromatic rings. The van der Waals surface area contributed by atoms with Crippen LogP contribution in [0.25, 0.3) is 0 Å².